The predicted octanol–water partition coefficient (Wildman–Crippen LogP) is 8.39. The van der Waals surface area contributed by atoms with Gasteiger partial charge in [0.05, 0.1) is 29.1 Å². The molecule has 0 aliphatic carbocycles. The highest BCUT2D eigenvalue weighted by Gasteiger charge is 2.34. The lowest BCUT2D eigenvalue weighted by Crippen LogP contribution is -2.10. The van der Waals surface area contributed by atoms with Gasteiger partial charge in [-0.15, -0.1) is 0 Å². The lowest BCUT2D eigenvalue weighted by atomic mass is 9.87. The number of ether oxygens (including phenoxy) is 1. The van der Waals surface area contributed by atoms with Gasteiger partial charge in [0, 0.05) is 28.9 Å². The first kappa shape index (κ1) is 25.5. The van der Waals surface area contributed by atoms with Crippen LogP contribution in [-0.4, -0.2) is 16.6 Å². The summed E-state index contributed by atoms with van der Waals surface area (Å²) in [6.07, 6.45) is -3.15. The van der Waals surface area contributed by atoms with E-state index in [1.165, 1.54) is 17.8 Å². The molecule has 0 radical (unpaired) electrons. The topological polar surface area (TPSA) is 47.0 Å². The molecule has 0 saturated heterocycles. The minimum absolute atomic E-state index is 0.0386. The molecule has 0 spiro atoms. The van der Waals surface area contributed by atoms with Crippen LogP contribution in [0.4, 0.5) is 24.5 Å². The molecule has 2 aromatic carbocycles. The molecule has 0 atom stereocenters. The second kappa shape index (κ2) is 9.80. The van der Waals surface area contributed by atoms with E-state index in [1.807, 2.05) is 32.0 Å². The molecule has 2 heterocycles. The third kappa shape index (κ3) is 5.78. The third-order valence-corrected chi connectivity index (χ3v) is 5.77. The molecule has 188 valence electrons. The number of aromatic nitrogens is 2. The molecule has 7 heteroatoms. The van der Waals surface area contributed by atoms with Crippen LogP contribution in [0.2, 0.25) is 0 Å². The first-order valence-electron chi connectivity index (χ1n) is 11.9. The first-order chi connectivity index (χ1) is 16.9. The Kier molecular flexibility index (Phi) is 6.94. The Labute approximate surface area is 209 Å². The Balaban J connectivity index is 1.79. The summed E-state index contributed by atoms with van der Waals surface area (Å²) in [5.74, 6) is 0.692. The van der Waals surface area contributed by atoms with E-state index in [2.05, 4.69) is 48.2 Å². The number of alkyl halides is 3. The van der Waals surface area contributed by atoms with Gasteiger partial charge < -0.3 is 10.1 Å². The lowest BCUT2D eigenvalue weighted by molar-refractivity contribution is -0.137. The van der Waals surface area contributed by atoms with Crippen LogP contribution in [0.1, 0.15) is 45.7 Å². The molecule has 1 N–H and O–H groups in total. The van der Waals surface area contributed by atoms with Gasteiger partial charge in [-0.1, -0.05) is 58.9 Å². The molecule has 0 bridgehead atoms. The van der Waals surface area contributed by atoms with Crippen molar-refractivity contribution in [2.45, 2.75) is 46.2 Å². The van der Waals surface area contributed by atoms with Crippen molar-refractivity contribution in [1.29, 1.82) is 0 Å². The molecule has 4 nitrogen and oxygen atoms in total. The van der Waals surface area contributed by atoms with E-state index in [4.69, 9.17) is 4.74 Å². The average molecular weight is 494 g/mol. The van der Waals surface area contributed by atoms with Crippen LogP contribution in [-0.2, 0) is 11.6 Å². The molecule has 0 fully saturated rings. The van der Waals surface area contributed by atoms with Crippen molar-refractivity contribution < 1.29 is 17.9 Å². The van der Waals surface area contributed by atoms with Crippen LogP contribution in [0.15, 0.2) is 66.9 Å². The van der Waals surface area contributed by atoms with Crippen molar-refractivity contribution in [2.75, 3.05) is 11.9 Å². The Hall–Kier alpha value is -3.61. The van der Waals surface area contributed by atoms with Gasteiger partial charge in [0.15, 0.2) is 0 Å². The molecular formula is C29H30F3N3O. The van der Waals surface area contributed by atoms with Gasteiger partial charge in [-0.05, 0) is 47.2 Å². The van der Waals surface area contributed by atoms with Gasteiger partial charge in [-0.25, -0.2) is 4.98 Å². The third-order valence-electron chi connectivity index (χ3n) is 5.77. The van der Waals surface area contributed by atoms with Crippen LogP contribution >= 0.6 is 0 Å². The predicted molar refractivity (Wildman–Crippen MR) is 139 cm³/mol. The molecular weight excluding hydrogens is 463 g/mol. The van der Waals surface area contributed by atoms with Crippen LogP contribution in [0, 0.1) is 5.92 Å². The molecule has 0 saturated carbocycles. The number of anilines is 2. The van der Waals surface area contributed by atoms with E-state index in [9.17, 15) is 13.2 Å². The van der Waals surface area contributed by atoms with E-state index in [1.54, 1.807) is 18.2 Å². The minimum Gasteiger partial charge on any atom is -0.477 e. The zero-order valence-electron chi connectivity index (χ0n) is 21.1. The molecule has 2 aromatic heterocycles. The monoisotopic (exact) mass is 493 g/mol. The summed E-state index contributed by atoms with van der Waals surface area (Å²) < 4.78 is 46.7. The number of hydrogen-bond donors (Lipinski definition) is 1. The quantitative estimate of drug-likeness (QED) is 0.293. The van der Waals surface area contributed by atoms with E-state index in [0.29, 0.717) is 23.6 Å². The van der Waals surface area contributed by atoms with Crippen LogP contribution in [0.3, 0.4) is 0 Å². The molecule has 0 amide bonds. The Morgan fingerprint density at radius 2 is 1.67 bits per heavy atom. The fourth-order valence-electron chi connectivity index (χ4n) is 3.85. The number of nitrogens with one attached hydrogen (secondary N) is 1. The normalized spacial score (nSPS) is 12.2. The first-order valence-corrected chi connectivity index (χ1v) is 11.9. The fourth-order valence-corrected chi connectivity index (χ4v) is 3.85. The molecule has 4 aromatic rings. The number of nitrogens with zero attached hydrogens (tertiary/aromatic N) is 2. The summed E-state index contributed by atoms with van der Waals surface area (Å²) >= 11 is 0. The molecule has 0 aliphatic rings. The summed E-state index contributed by atoms with van der Waals surface area (Å²) in [5.41, 5.74) is 2.84. The summed E-state index contributed by atoms with van der Waals surface area (Å²) in [6, 6.07) is 17.4. The summed E-state index contributed by atoms with van der Waals surface area (Å²) in [4.78, 5) is 8.63. The van der Waals surface area contributed by atoms with Gasteiger partial charge in [0.2, 0.25) is 5.88 Å². The number of pyridine rings is 2. The Bertz CT molecular complexity index is 1360. The molecule has 4 rings (SSSR count). The lowest BCUT2D eigenvalue weighted by Gasteiger charge is -2.20. The van der Waals surface area contributed by atoms with Crippen LogP contribution in [0.5, 0.6) is 5.88 Å². The van der Waals surface area contributed by atoms with Crippen molar-refractivity contribution in [3.63, 3.8) is 0 Å². The van der Waals surface area contributed by atoms with Crippen LogP contribution < -0.4 is 10.1 Å². The van der Waals surface area contributed by atoms with E-state index in [-0.39, 0.29) is 17.0 Å². The number of benzene rings is 2. The van der Waals surface area contributed by atoms with E-state index < -0.39 is 11.7 Å². The Morgan fingerprint density at radius 3 is 2.31 bits per heavy atom. The number of halogens is 3. The van der Waals surface area contributed by atoms with Gasteiger partial charge in [-0.2, -0.15) is 13.2 Å². The van der Waals surface area contributed by atoms with Crippen LogP contribution in [0.25, 0.3) is 22.2 Å². The number of fused-ring (bicyclic) bond motifs is 1. The highest BCUT2D eigenvalue weighted by Crippen LogP contribution is 2.38. The SMILES string of the molecule is CC(C)COc1cc(Nc2ccc(C(C)(C)C)cc2)c2ccc(-c3ncccc3C(F)(F)F)cc2n1. The maximum atomic E-state index is 13.6. The second-order valence-electron chi connectivity index (χ2n) is 10.3. The van der Waals surface area contributed by atoms with Gasteiger partial charge in [0.1, 0.15) is 0 Å². The maximum absolute atomic E-state index is 13.6. The zero-order valence-corrected chi connectivity index (χ0v) is 21.1. The molecule has 0 unspecified atom stereocenters. The van der Waals surface area contributed by atoms with Crippen molar-refractivity contribution in [2.24, 2.45) is 5.92 Å². The van der Waals surface area contributed by atoms with Gasteiger partial charge in [-0.3, -0.25) is 4.98 Å². The van der Waals surface area contributed by atoms with Crippen molar-refractivity contribution in [1.82, 2.24) is 9.97 Å². The highest BCUT2D eigenvalue weighted by molar-refractivity contribution is 5.96. The second-order valence-corrected chi connectivity index (χ2v) is 10.3. The number of hydrogen-bond acceptors (Lipinski definition) is 4. The Morgan fingerprint density at radius 1 is 0.944 bits per heavy atom. The standard InChI is InChI=1S/C29H30F3N3O/c1-18(2)17-36-26-16-25(34-21-11-9-20(10-12-21)28(3,4)5)22-13-8-19(15-24(22)35-26)27-23(29(30,31)32)7-6-14-33-27/h6-16,18H,17H2,1-5H3,(H,34,35). The minimum atomic E-state index is -4.51. The smallest absolute Gasteiger partial charge is 0.418 e. The zero-order chi connectivity index (χ0) is 26.1. The molecule has 36 heavy (non-hydrogen) atoms. The summed E-state index contributed by atoms with van der Waals surface area (Å²) in [5, 5.41) is 4.20. The number of rotatable bonds is 6. The van der Waals surface area contributed by atoms with Gasteiger partial charge >= 0.3 is 6.18 Å². The van der Waals surface area contributed by atoms with E-state index in [0.717, 1.165) is 22.8 Å². The van der Waals surface area contributed by atoms with Crippen molar-refractivity contribution >= 4 is 22.3 Å². The van der Waals surface area contributed by atoms with Crippen molar-refractivity contribution in [3.8, 4) is 17.1 Å². The molecule has 0 aliphatic heterocycles. The van der Waals surface area contributed by atoms with Crippen molar-refractivity contribution in [3.05, 3.63) is 78.0 Å². The average Bonchev–Trinajstić information content (AvgIpc) is 2.81. The highest BCUT2D eigenvalue weighted by atomic mass is 19.4. The summed E-state index contributed by atoms with van der Waals surface area (Å²) in [7, 11) is 0. The summed E-state index contributed by atoms with van der Waals surface area (Å²) in [6.45, 7) is 11.0. The van der Waals surface area contributed by atoms with E-state index >= 15 is 0 Å². The van der Waals surface area contributed by atoms with Gasteiger partial charge in [0.25, 0.3) is 0 Å². The maximum Gasteiger partial charge on any atom is 0.418 e. The fraction of sp³-hybridized carbons (Fsp3) is 0.310. The largest absolute Gasteiger partial charge is 0.477 e.